The molecule has 1 N–H and O–H groups in total. The molecule has 0 aliphatic carbocycles. The minimum Gasteiger partial charge on any atom is -0.466 e. The molecule has 4 nitrogen and oxygen atoms in total. The van der Waals surface area contributed by atoms with Crippen molar-refractivity contribution in [2.24, 2.45) is 0 Å². The maximum atomic E-state index is 11.4. The lowest BCUT2D eigenvalue weighted by Crippen LogP contribution is -2.07. The number of carbonyl (C=O) groups is 1. The molecule has 0 bridgehead atoms. The molecule has 0 radical (unpaired) electrons. The predicted molar refractivity (Wildman–Crippen MR) is 73.7 cm³/mol. The van der Waals surface area contributed by atoms with Crippen LogP contribution >= 0.6 is 0 Å². The van der Waals surface area contributed by atoms with Gasteiger partial charge in [0.2, 0.25) is 0 Å². The summed E-state index contributed by atoms with van der Waals surface area (Å²) in [5.74, 6) is 0.788. The fourth-order valence-electron chi connectivity index (χ4n) is 1.87. The van der Waals surface area contributed by atoms with E-state index in [0.29, 0.717) is 13.0 Å². The van der Waals surface area contributed by atoms with E-state index in [9.17, 15) is 4.79 Å². The molecule has 0 aliphatic heterocycles. The highest BCUT2D eigenvalue weighted by Gasteiger charge is 2.05. The largest absolute Gasteiger partial charge is 0.466 e. The van der Waals surface area contributed by atoms with Crippen LogP contribution in [0.15, 0.2) is 30.5 Å². The van der Waals surface area contributed by atoms with Crippen molar-refractivity contribution < 1.29 is 9.53 Å². The van der Waals surface area contributed by atoms with Gasteiger partial charge in [-0.25, -0.2) is 4.98 Å². The second kappa shape index (κ2) is 6.18. The zero-order valence-corrected chi connectivity index (χ0v) is 11.3. The topological polar surface area (TPSA) is 55.0 Å². The number of hydrogen-bond acceptors (Lipinski definition) is 3. The SMILES string of the molecule is CCOC(=O)Cc1ccc(-c2cnc(CC)[nH]2)cc1. The zero-order chi connectivity index (χ0) is 13.7. The van der Waals surface area contributed by atoms with Gasteiger partial charge in [-0.3, -0.25) is 4.79 Å². The molecule has 1 heterocycles. The number of nitrogens with zero attached hydrogens (tertiary/aromatic N) is 1. The van der Waals surface area contributed by atoms with Crippen LogP contribution in [0.4, 0.5) is 0 Å². The number of rotatable bonds is 5. The molecular formula is C15H18N2O2. The van der Waals surface area contributed by atoms with Crippen LogP contribution < -0.4 is 0 Å². The third-order valence-electron chi connectivity index (χ3n) is 2.88. The Bertz CT molecular complexity index is 544. The molecule has 0 spiro atoms. The summed E-state index contributed by atoms with van der Waals surface area (Å²) in [5, 5.41) is 0. The summed E-state index contributed by atoms with van der Waals surface area (Å²) in [4.78, 5) is 18.9. The Morgan fingerprint density at radius 1 is 1.26 bits per heavy atom. The third-order valence-corrected chi connectivity index (χ3v) is 2.88. The van der Waals surface area contributed by atoms with Gasteiger partial charge in [0.05, 0.1) is 24.9 Å². The van der Waals surface area contributed by atoms with Gasteiger partial charge in [0.25, 0.3) is 0 Å². The van der Waals surface area contributed by atoms with Gasteiger partial charge in [-0.15, -0.1) is 0 Å². The molecule has 0 saturated carbocycles. The van der Waals surface area contributed by atoms with E-state index < -0.39 is 0 Å². The lowest BCUT2D eigenvalue weighted by atomic mass is 10.1. The van der Waals surface area contributed by atoms with Crippen molar-refractivity contribution >= 4 is 5.97 Å². The molecule has 2 aromatic rings. The van der Waals surface area contributed by atoms with Crippen molar-refractivity contribution in [1.29, 1.82) is 0 Å². The smallest absolute Gasteiger partial charge is 0.310 e. The molecule has 2 rings (SSSR count). The molecule has 100 valence electrons. The van der Waals surface area contributed by atoms with Gasteiger partial charge in [-0.2, -0.15) is 0 Å². The summed E-state index contributed by atoms with van der Waals surface area (Å²) in [5.41, 5.74) is 3.02. The quantitative estimate of drug-likeness (QED) is 0.839. The van der Waals surface area contributed by atoms with E-state index in [1.165, 1.54) is 0 Å². The van der Waals surface area contributed by atoms with E-state index in [4.69, 9.17) is 4.74 Å². The summed E-state index contributed by atoms with van der Waals surface area (Å²) in [7, 11) is 0. The average molecular weight is 258 g/mol. The second-order valence-electron chi connectivity index (χ2n) is 4.28. The standard InChI is InChI=1S/C15H18N2O2/c1-3-14-16-10-13(17-14)12-7-5-11(6-8-12)9-15(18)19-4-2/h5-8,10H,3-4,9H2,1-2H3,(H,16,17). The molecule has 4 heteroatoms. The monoisotopic (exact) mass is 258 g/mol. The number of carbonyl (C=O) groups excluding carboxylic acids is 1. The Hall–Kier alpha value is -2.10. The highest BCUT2D eigenvalue weighted by atomic mass is 16.5. The number of imidazole rings is 1. The number of ether oxygens (including phenoxy) is 1. The predicted octanol–water partition coefficient (Wildman–Crippen LogP) is 2.74. The van der Waals surface area contributed by atoms with Gasteiger partial charge in [-0.05, 0) is 18.1 Å². The highest BCUT2D eigenvalue weighted by molar-refractivity contribution is 5.73. The number of aryl methyl sites for hydroxylation is 1. The summed E-state index contributed by atoms with van der Waals surface area (Å²) >= 11 is 0. The van der Waals surface area contributed by atoms with Gasteiger partial charge >= 0.3 is 5.97 Å². The van der Waals surface area contributed by atoms with Crippen molar-refractivity contribution in [2.75, 3.05) is 6.61 Å². The van der Waals surface area contributed by atoms with Crippen molar-refractivity contribution in [3.8, 4) is 11.3 Å². The molecule has 19 heavy (non-hydrogen) atoms. The van der Waals surface area contributed by atoms with Gasteiger partial charge in [-0.1, -0.05) is 31.2 Å². The number of aromatic amines is 1. The molecule has 0 atom stereocenters. The third kappa shape index (κ3) is 3.44. The molecule has 0 amide bonds. The number of benzene rings is 1. The number of hydrogen-bond donors (Lipinski definition) is 1. The van der Waals surface area contributed by atoms with Crippen LogP contribution in [0.5, 0.6) is 0 Å². The highest BCUT2D eigenvalue weighted by Crippen LogP contribution is 2.18. The van der Waals surface area contributed by atoms with E-state index in [2.05, 4.69) is 16.9 Å². The first kappa shape index (κ1) is 13.3. The van der Waals surface area contributed by atoms with Crippen molar-refractivity contribution in [1.82, 2.24) is 9.97 Å². The maximum Gasteiger partial charge on any atom is 0.310 e. The molecule has 0 saturated heterocycles. The van der Waals surface area contributed by atoms with Crippen LogP contribution in [0, 0.1) is 0 Å². The van der Waals surface area contributed by atoms with Gasteiger partial charge < -0.3 is 9.72 Å². The molecule has 1 aromatic heterocycles. The Balaban J connectivity index is 2.07. The summed E-state index contributed by atoms with van der Waals surface area (Å²) < 4.78 is 4.92. The number of aromatic nitrogens is 2. The lowest BCUT2D eigenvalue weighted by molar-refractivity contribution is -0.142. The molecule has 0 unspecified atom stereocenters. The minimum absolute atomic E-state index is 0.190. The summed E-state index contributed by atoms with van der Waals surface area (Å²) in [6.45, 7) is 4.29. The van der Waals surface area contributed by atoms with Crippen LogP contribution in [0.25, 0.3) is 11.3 Å². The van der Waals surface area contributed by atoms with Crippen LogP contribution in [0.3, 0.4) is 0 Å². The van der Waals surface area contributed by atoms with E-state index >= 15 is 0 Å². The maximum absolute atomic E-state index is 11.4. The van der Waals surface area contributed by atoms with E-state index in [0.717, 1.165) is 29.1 Å². The normalized spacial score (nSPS) is 10.4. The van der Waals surface area contributed by atoms with Gasteiger partial charge in [0.1, 0.15) is 5.82 Å². The number of nitrogens with one attached hydrogen (secondary N) is 1. The van der Waals surface area contributed by atoms with Crippen LogP contribution in [0.2, 0.25) is 0 Å². The zero-order valence-electron chi connectivity index (χ0n) is 11.3. The van der Waals surface area contributed by atoms with Crippen LogP contribution in [0.1, 0.15) is 25.2 Å². The number of esters is 1. The second-order valence-corrected chi connectivity index (χ2v) is 4.28. The Morgan fingerprint density at radius 3 is 2.58 bits per heavy atom. The number of H-pyrrole nitrogens is 1. The first-order valence-corrected chi connectivity index (χ1v) is 6.51. The van der Waals surface area contributed by atoms with Gasteiger partial charge in [0, 0.05) is 6.42 Å². The summed E-state index contributed by atoms with van der Waals surface area (Å²) in [6, 6.07) is 7.86. The van der Waals surface area contributed by atoms with Crippen LogP contribution in [-0.4, -0.2) is 22.5 Å². The summed E-state index contributed by atoms with van der Waals surface area (Å²) in [6.07, 6.45) is 3.04. The average Bonchev–Trinajstić information content (AvgIpc) is 2.88. The molecule has 1 aromatic carbocycles. The fraction of sp³-hybridized carbons (Fsp3) is 0.333. The Kier molecular flexibility index (Phi) is 4.34. The van der Waals surface area contributed by atoms with Crippen molar-refractivity contribution in [2.45, 2.75) is 26.7 Å². The minimum atomic E-state index is -0.190. The first-order chi connectivity index (χ1) is 9.22. The fourth-order valence-corrected chi connectivity index (χ4v) is 1.87. The molecule has 0 fully saturated rings. The van der Waals surface area contributed by atoms with Gasteiger partial charge in [0.15, 0.2) is 0 Å². The van der Waals surface area contributed by atoms with Crippen molar-refractivity contribution in [3.63, 3.8) is 0 Å². The Morgan fingerprint density at radius 2 is 2.00 bits per heavy atom. The molecule has 0 aliphatic rings. The Labute approximate surface area is 112 Å². The van der Waals surface area contributed by atoms with E-state index in [1.54, 1.807) is 0 Å². The van der Waals surface area contributed by atoms with Crippen LogP contribution in [-0.2, 0) is 22.4 Å². The first-order valence-electron chi connectivity index (χ1n) is 6.51. The van der Waals surface area contributed by atoms with Crippen molar-refractivity contribution in [3.05, 3.63) is 41.9 Å². The molecular weight excluding hydrogens is 240 g/mol. The lowest BCUT2D eigenvalue weighted by Gasteiger charge is -2.03. The van der Waals surface area contributed by atoms with E-state index in [1.807, 2.05) is 37.4 Å². The van der Waals surface area contributed by atoms with E-state index in [-0.39, 0.29) is 5.97 Å².